The molecular weight excluding hydrogens is 250 g/mol. The van der Waals surface area contributed by atoms with E-state index in [1.165, 1.54) is 0 Å². The van der Waals surface area contributed by atoms with Crippen molar-refractivity contribution in [3.05, 3.63) is 48.2 Å². The summed E-state index contributed by atoms with van der Waals surface area (Å²) in [6.45, 7) is 1.97. The summed E-state index contributed by atoms with van der Waals surface area (Å²) < 4.78 is 5.79. The number of furan rings is 1. The Morgan fingerprint density at radius 1 is 1.35 bits per heavy atom. The van der Waals surface area contributed by atoms with Gasteiger partial charge in [0, 0.05) is 11.3 Å². The highest BCUT2D eigenvalue weighted by molar-refractivity contribution is 5.80. The number of amides is 1. The molecule has 0 aliphatic heterocycles. The molecule has 0 unspecified atom stereocenters. The number of hydrogen-bond donors (Lipinski definition) is 1. The largest absolute Gasteiger partial charge is 0.459 e. The molecule has 3 rings (SSSR count). The Labute approximate surface area is 118 Å². The Kier molecular flexibility index (Phi) is 3.59. The molecule has 2 atom stereocenters. The van der Waals surface area contributed by atoms with E-state index in [4.69, 9.17) is 4.42 Å². The third-order valence-corrected chi connectivity index (χ3v) is 3.87. The van der Waals surface area contributed by atoms with Crippen molar-refractivity contribution >= 4 is 16.9 Å². The maximum absolute atomic E-state index is 12.2. The van der Waals surface area contributed by atoms with Crippen LogP contribution in [0, 0.1) is 5.92 Å². The van der Waals surface area contributed by atoms with Gasteiger partial charge in [0.2, 0.25) is 5.91 Å². The van der Waals surface area contributed by atoms with Gasteiger partial charge in [-0.3, -0.25) is 4.79 Å². The third kappa shape index (κ3) is 2.62. The van der Waals surface area contributed by atoms with E-state index in [0.29, 0.717) is 0 Å². The normalized spacial score (nSPS) is 19.9. The van der Waals surface area contributed by atoms with Crippen molar-refractivity contribution in [3.63, 3.8) is 0 Å². The Bertz CT molecular complexity index is 608. The van der Waals surface area contributed by atoms with Crippen LogP contribution in [0.5, 0.6) is 0 Å². The molecule has 0 saturated carbocycles. The molecule has 1 aliphatic rings. The molecule has 2 aromatic rings. The van der Waals surface area contributed by atoms with Crippen LogP contribution in [0.3, 0.4) is 0 Å². The van der Waals surface area contributed by atoms with Crippen molar-refractivity contribution in [1.29, 1.82) is 0 Å². The highest BCUT2D eigenvalue weighted by Gasteiger charge is 2.21. The van der Waals surface area contributed by atoms with Gasteiger partial charge in [-0.2, -0.15) is 0 Å². The molecule has 3 heteroatoms. The van der Waals surface area contributed by atoms with Gasteiger partial charge in [-0.05, 0) is 38.3 Å². The SMILES string of the molecule is C[C@@H](NC(=O)[C@H]1CC=CCC1)c1cc2ccccc2o1. The second kappa shape index (κ2) is 5.53. The van der Waals surface area contributed by atoms with Gasteiger partial charge in [0.05, 0.1) is 6.04 Å². The smallest absolute Gasteiger partial charge is 0.224 e. The van der Waals surface area contributed by atoms with E-state index < -0.39 is 0 Å². The first-order chi connectivity index (χ1) is 9.74. The molecule has 0 radical (unpaired) electrons. The van der Waals surface area contributed by atoms with Crippen LogP contribution in [0.4, 0.5) is 0 Å². The number of allylic oxidation sites excluding steroid dienone is 2. The summed E-state index contributed by atoms with van der Waals surface area (Å²) in [5.74, 6) is 1.04. The minimum Gasteiger partial charge on any atom is -0.459 e. The van der Waals surface area contributed by atoms with Crippen LogP contribution in [0.2, 0.25) is 0 Å². The summed E-state index contributed by atoms with van der Waals surface area (Å²) in [6.07, 6.45) is 7.02. The van der Waals surface area contributed by atoms with Gasteiger partial charge in [0.25, 0.3) is 0 Å². The lowest BCUT2D eigenvalue weighted by atomic mass is 9.93. The molecule has 0 fully saturated rings. The molecule has 0 spiro atoms. The number of carbonyl (C=O) groups is 1. The van der Waals surface area contributed by atoms with E-state index in [9.17, 15) is 4.79 Å². The summed E-state index contributed by atoms with van der Waals surface area (Å²) in [5, 5.41) is 4.13. The van der Waals surface area contributed by atoms with Crippen molar-refractivity contribution in [3.8, 4) is 0 Å². The lowest BCUT2D eigenvalue weighted by Crippen LogP contribution is -2.33. The van der Waals surface area contributed by atoms with Gasteiger partial charge >= 0.3 is 0 Å². The Hall–Kier alpha value is -2.03. The van der Waals surface area contributed by atoms with Crippen molar-refractivity contribution in [2.24, 2.45) is 5.92 Å². The number of fused-ring (bicyclic) bond motifs is 1. The number of nitrogens with one attached hydrogen (secondary N) is 1. The number of benzene rings is 1. The van der Waals surface area contributed by atoms with Crippen LogP contribution in [-0.2, 0) is 4.79 Å². The average molecular weight is 269 g/mol. The number of para-hydroxylation sites is 1. The maximum atomic E-state index is 12.2. The summed E-state index contributed by atoms with van der Waals surface area (Å²) >= 11 is 0. The Morgan fingerprint density at radius 2 is 2.20 bits per heavy atom. The van der Waals surface area contributed by atoms with Gasteiger partial charge in [-0.25, -0.2) is 0 Å². The van der Waals surface area contributed by atoms with E-state index in [-0.39, 0.29) is 17.9 Å². The lowest BCUT2D eigenvalue weighted by Gasteiger charge is -2.19. The molecular formula is C17H19NO2. The molecule has 20 heavy (non-hydrogen) atoms. The number of hydrogen-bond acceptors (Lipinski definition) is 2. The van der Waals surface area contributed by atoms with Gasteiger partial charge in [-0.15, -0.1) is 0 Å². The standard InChI is InChI=1S/C17H19NO2/c1-12(18-17(19)13-7-3-2-4-8-13)16-11-14-9-5-6-10-15(14)20-16/h2-3,5-6,9-13H,4,7-8H2,1H3,(H,18,19)/t12-,13+/m1/s1. The lowest BCUT2D eigenvalue weighted by molar-refractivity contribution is -0.126. The molecule has 1 aromatic heterocycles. The summed E-state index contributed by atoms with van der Waals surface area (Å²) in [6, 6.07) is 9.80. The van der Waals surface area contributed by atoms with E-state index >= 15 is 0 Å². The first kappa shape index (κ1) is 13.0. The molecule has 1 aromatic carbocycles. The molecule has 0 saturated heterocycles. The fourth-order valence-electron chi connectivity index (χ4n) is 2.65. The topological polar surface area (TPSA) is 42.2 Å². The van der Waals surface area contributed by atoms with Crippen molar-refractivity contribution in [2.75, 3.05) is 0 Å². The van der Waals surface area contributed by atoms with Gasteiger partial charge in [-0.1, -0.05) is 30.4 Å². The van der Waals surface area contributed by atoms with Crippen molar-refractivity contribution in [1.82, 2.24) is 5.32 Å². The van der Waals surface area contributed by atoms with Crippen LogP contribution in [0.25, 0.3) is 11.0 Å². The zero-order valence-electron chi connectivity index (χ0n) is 11.6. The third-order valence-electron chi connectivity index (χ3n) is 3.87. The molecule has 1 aliphatic carbocycles. The monoisotopic (exact) mass is 269 g/mol. The zero-order valence-corrected chi connectivity index (χ0v) is 11.6. The van der Waals surface area contributed by atoms with Crippen LogP contribution in [0.15, 0.2) is 46.9 Å². The van der Waals surface area contributed by atoms with E-state index in [0.717, 1.165) is 36.0 Å². The summed E-state index contributed by atoms with van der Waals surface area (Å²) in [5.41, 5.74) is 0.865. The fraction of sp³-hybridized carbons (Fsp3) is 0.353. The van der Waals surface area contributed by atoms with E-state index in [1.54, 1.807) is 0 Å². The average Bonchev–Trinajstić information content (AvgIpc) is 2.92. The zero-order chi connectivity index (χ0) is 13.9. The van der Waals surface area contributed by atoms with Crippen LogP contribution >= 0.6 is 0 Å². The molecule has 104 valence electrons. The minimum absolute atomic E-state index is 0.0965. The molecule has 0 bridgehead atoms. The van der Waals surface area contributed by atoms with Crippen molar-refractivity contribution in [2.45, 2.75) is 32.2 Å². The molecule has 1 N–H and O–H groups in total. The van der Waals surface area contributed by atoms with Crippen LogP contribution in [0.1, 0.15) is 38.0 Å². The highest BCUT2D eigenvalue weighted by Crippen LogP contribution is 2.25. The molecule has 1 heterocycles. The maximum Gasteiger partial charge on any atom is 0.224 e. The van der Waals surface area contributed by atoms with Crippen LogP contribution in [-0.4, -0.2) is 5.91 Å². The van der Waals surface area contributed by atoms with Crippen molar-refractivity contribution < 1.29 is 9.21 Å². The summed E-state index contributed by atoms with van der Waals surface area (Å²) in [7, 11) is 0. The molecule has 1 amide bonds. The first-order valence-electron chi connectivity index (χ1n) is 7.18. The van der Waals surface area contributed by atoms with Gasteiger partial charge in [0.15, 0.2) is 0 Å². The van der Waals surface area contributed by atoms with E-state index in [1.807, 2.05) is 37.3 Å². The van der Waals surface area contributed by atoms with Gasteiger partial charge in [0.1, 0.15) is 11.3 Å². The highest BCUT2D eigenvalue weighted by atomic mass is 16.3. The predicted molar refractivity (Wildman–Crippen MR) is 79.3 cm³/mol. The number of carbonyl (C=O) groups excluding carboxylic acids is 1. The quantitative estimate of drug-likeness (QED) is 0.857. The minimum atomic E-state index is -0.0965. The Balaban J connectivity index is 1.70. The van der Waals surface area contributed by atoms with E-state index in [2.05, 4.69) is 17.5 Å². The fourth-order valence-corrected chi connectivity index (χ4v) is 2.65. The number of rotatable bonds is 3. The van der Waals surface area contributed by atoms with Crippen LogP contribution < -0.4 is 5.32 Å². The van der Waals surface area contributed by atoms with Gasteiger partial charge < -0.3 is 9.73 Å². The second-order valence-corrected chi connectivity index (χ2v) is 5.40. The second-order valence-electron chi connectivity index (χ2n) is 5.40. The summed E-state index contributed by atoms with van der Waals surface area (Å²) in [4.78, 5) is 12.2. The first-order valence-corrected chi connectivity index (χ1v) is 7.18. The molecule has 3 nitrogen and oxygen atoms in total. The predicted octanol–water partition coefficient (Wildman–Crippen LogP) is 3.97. The Morgan fingerprint density at radius 3 is 2.95 bits per heavy atom.